The maximum atomic E-state index is 10.1. The molecule has 17 heavy (non-hydrogen) atoms. The minimum atomic E-state index is 0.374. The predicted octanol–water partition coefficient (Wildman–Crippen LogP) is 3.67. The number of phenols is 1. The SMILES string of the molecule is COc1c(C)ccc2c1-c1c-2ccc(C)c1O. The van der Waals surface area contributed by atoms with Gasteiger partial charge in [-0.15, -0.1) is 0 Å². The Bertz CT molecular complexity index is 627. The second-order valence-electron chi connectivity index (χ2n) is 4.49. The molecule has 2 aromatic rings. The standard InChI is InChI=1S/C15H14O2/c1-8-4-6-10-11-7-5-9(2)15(17-3)13(11)12(10)14(8)16/h4-7,16H,1-3H3. The summed E-state index contributed by atoms with van der Waals surface area (Å²) in [7, 11) is 1.67. The van der Waals surface area contributed by atoms with Gasteiger partial charge in [0.05, 0.1) is 7.11 Å². The number of aromatic hydroxyl groups is 1. The number of methoxy groups -OCH3 is 1. The summed E-state index contributed by atoms with van der Waals surface area (Å²) in [6.07, 6.45) is 0. The van der Waals surface area contributed by atoms with Gasteiger partial charge >= 0.3 is 0 Å². The summed E-state index contributed by atoms with van der Waals surface area (Å²) in [6.45, 7) is 3.93. The molecule has 2 nitrogen and oxygen atoms in total. The fraction of sp³-hybridized carbons (Fsp3) is 0.200. The van der Waals surface area contributed by atoms with Crippen molar-refractivity contribution in [1.82, 2.24) is 0 Å². The Balaban J connectivity index is 2.33. The molecule has 0 aromatic heterocycles. The van der Waals surface area contributed by atoms with Crippen LogP contribution in [-0.2, 0) is 0 Å². The van der Waals surface area contributed by atoms with E-state index in [1.807, 2.05) is 19.9 Å². The Morgan fingerprint density at radius 1 is 0.882 bits per heavy atom. The van der Waals surface area contributed by atoms with Crippen LogP contribution in [0.15, 0.2) is 24.3 Å². The van der Waals surface area contributed by atoms with E-state index in [1.54, 1.807) is 7.11 Å². The minimum Gasteiger partial charge on any atom is -0.507 e. The molecule has 0 radical (unpaired) electrons. The average Bonchev–Trinajstić information content (AvgIpc) is 2.30. The van der Waals surface area contributed by atoms with Gasteiger partial charge in [-0.1, -0.05) is 24.3 Å². The molecule has 0 heterocycles. The molecule has 3 rings (SSSR count). The molecule has 2 heteroatoms. The van der Waals surface area contributed by atoms with Gasteiger partial charge in [0.15, 0.2) is 0 Å². The van der Waals surface area contributed by atoms with Crippen molar-refractivity contribution in [2.45, 2.75) is 13.8 Å². The highest BCUT2D eigenvalue weighted by molar-refractivity contribution is 6.08. The fourth-order valence-corrected chi connectivity index (χ4v) is 2.53. The van der Waals surface area contributed by atoms with Gasteiger partial charge < -0.3 is 9.84 Å². The highest BCUT2D eigenvalue weighted by Gasteiger charge is 2.30. The van der Waals surface area contributed by atoms with Crippen molar-refractivity contribution in [3.05, 3.63) is 35.4 Å². The normalized spacial score (nSPS) is 11.5. The number of rotatable bonds is 1. The van der Waals surface area contributed by atoms with Crippen LogP contribution in [0.1, 0.15) is 11.1 Å². The van der Waals surface area contributed by atoms with Crippen LogP contribution in [0.3, 0.4) is 0 Å². The minimum absolute atomic E-state index is 0.374. The van der Waals surface area contributed by atoms with E-state index in [2.05, 4.69) is 18.2 Å². The van der Waals surface area contributed by atoms with Crippen LogP contribution in [0.4, 0.5) is 0 Å². The van der Waals surface area contributed by atoms with Crippen molar-refractivity contribution < 1.29 is 9.84 Å². The molecule has 0 aliphatic heterocycles. The lowest BCUT2D eigenvalue weighted by Gasteiger charge is -2.28. The first-order chi connectivity index (χ1) is 8.15. The van der Waals surface area contributed by atoms with E-state index in [4.69, 9.17) is 4.74 Å². The summed E-state index contributed by atoms with van der Waals surface area (Å²) >= 11 is 0. The molecular weight excluding hydrogens is 212 g/mol. The molecule has 1 N–H and O–H groups in total. The summed E-state index contributed by atoms with van der Waals surface area (Å²) in [5.74, 6) is 1.25. The summed E-state index contributed by atoms with van der Waals surface area (Å²) in [6, 6.07) is 8.15. The maximum Gasteiger partial charge on any atom is 0.130 e. The lowest BCUT2D eigenvalue weighted by molar-refractivity contribution is 0.412. The van der Waals surface area contributed by atoms with Crippen molar-refractivity contribution in [3.63, 3.8) is 0 Å². The molecular formula is C15H14O2. The fourth-order valence-electron chi connectivity index (χ4n) is 2.53. The van der Waals surface area contributed by atoms with Gasteiger partial charge in [0.25, 0.3) is 0 Å². The van der Waals surface area contributed by atoms with Crippen molar-refractivity contribution >= 4 is 0 Å². The molecule has 0 saturated heterocycles. The molecule has 0 fully saturated rings. The van der Waals surface area contributed by atoms with Crippen LogP contribution >= 0.6 is 0 Å². The van der Waals surface area contributed by atoms with E-state index in [1.165, 1.54) is 0 Å². The first kappa shape index (κ1) is 10.2. The van der Waals surface area contributed by atoms with Gasteiger partial charge in [-0.05, 0) is 36.1 Å². The van der Waals surface area contributed by atoms with E-state index >= 15 is 0 Å². The first-order valence-electron chi connectivity index (χ1n) is 5.66. The zero-order valence-corrected chi connectivity index (χ0v) is 10.2. The second-order valence-corrected chi connectivity index (χ2v) is 4.49. The third kappa shape index (κ3) is 1.15. The van der Waals surface area contributed by atoms with Crippen LogP contribution in [0, 0.1) is 13.8 Å². The van der Waals surface area contributed by atoms with Crippen LogP contribution in [0.5, 0.6) is 11.5 Å². The Morgan fingerprint density at radius 2 is 1.47 bits per heavy atom. The topological polar surface area (TPSA) is 29.5 Å². The largest absolute Gasteiger partial charge is 0.507 e. The van der Waals surface area contributed by atoms with Gasteiger partial charge in [0.2, 0.25) is 0 Å². The molecule has 0 unspecified atom stereocenters. The third-order valence-electron chi connectivity index (χ3n) is 3.48. The Hall–Kier alpha value is -1.96. The molecule has 1 aliphatic rings. The zero-order valence-electron chi connectivity index (χ0n) is 10.2. The third-order valence-corrected chi connectivity index (χ3v) is 3.48. The van der Waals surface area contributed by atoms with Gasteiger partial charge in [-0.2, -0.15) is 0 Å². The van der Waals surface area contributed by atoms with Gasteiger partial charge in [0.1, 0.15) is 11.5 Å². The molecule has 1 aliphatic carbocycles. The summed E-state index contributed by atoms with van der Waals surface area (Å²) in [5.41, 5.74) is 6.25. The maximum absolute atomic E-state index is 10.1. The molecule has 86 valence electrons. The number of phenolic OH excluding ortho intramolecular Hbond substituents is 1. The quantitative estimate of drug-likeness (QED) is 0.686. The Labute approximate surface area is 100 Å². The second kappa shape index (κ2) is 3.27. The van der Waals surface area contributed by atoms with E-state index in [0.29, 0.717) is 5.75 Å². The summed E-state index contributed by atoms with van der Waals surface area (Å²) in [4.78, 5) is 0. The highest BCUT2D eigenvalue weighted by Crippen LogP contribution is 2.56. The van der Waals surface area contributed by atoms with Gasteiger partial charge in [-0.3, -0.25) is 0 Å². The van der Waals surface area contributed by atoms with Gasteiger partial charge in [-0.25, -0.2) is 0 Å². The molecule has 0 bridgehead atoms. The van der Waals surface area contributed by atoms with Crippen molar-refractivity contribution in [2.24, 2.45) is 0 Å². The smallest absolute Gasteiger partial charge is 0.130 e. The molecule has 0 spiro atoms. The van der Waals surface area contributed by atoms with Crippen LogP contribution in [0.2, 0.25) is 0 Å². The average molecular weight is 226 g/mol. The lowest BCUT2D eigenvalue weighted by Crippen LogP contribution is -2.04. The highest BCUT2D eigenvalue weighted by atomic mass is 16.5. The predicted molar refractivity (Wildman–Crippen MR) is 68.6 cm³/mol. The molecule has 0 amide bonds. The van der Waals surface area contributed by atoms with Crippen LogP contribution in [-0.4, -0.2) is 12.2 Å². The number of aryl methyl sites for hydroxylation is 2. The van der Waals surface area contributed by atoms with Crippen LogP contribution < -0.4 is 4.74 Å². The molecule has 0 saturated carbocycles. The van der Waals surface area contributed by atoms with Crippen molar-refractivity contribution in [2.75, 3.05) is 7.11 Å². The Kier molecular flexibility index (Phi) is 1.96. The van der Waals surface area contributed by atoms with E-state index in [9.17, 15) is 5.11 Å². The number of hydrogen-bond acceptors (Lipinski definition) is 2. The zero-order chi connectivity index (χ0) is 12.2. The molecule has 2 aromatic carbocycles. The summed E-state index contributed by atoms with van der Waals surface area (Å²) < 4.78 is 5.45. The summed E-state index contributed by atoms with van der Waals surface area (Å²) in [5, 5.41) is 10.1. The molecule has 0 atom stereocenters. The Morgan fingerprint density at radius 3 is 2.12 bits per heavy atom. The van der Waals surface area contributed by atoms with Crippen molar-refractivity contribution in [3.8, 4) is 33.8 Å². The number of hydrogen-bond donors (Lipinski definition) is 1. The lowest BCUT2D eigenvalue weighted by atomic mass is 9.77. The number of benzene rings is 2. The number of fused-ring (bicyclic) bond motifs is 4. The van der Waals surface area contributed by atoms with Crippen LogP contribution in [0.25, 0.3) is 22.3 Å². The monoisotopic (exact) mass is 226 g/mol. The van der Waals surface area contributed by atoms with Crippen molar-refractivity contribution in [1.29, 1.82) is 0 Å². The van der Waals surface area contributed by atoms with E-state index in [0.717, 1.165) is 39.1 Å². The van der Waals surface area contributed by atoms with E-state index in [-0.39, 0.29) is 0 Å². The van der Waals surface area contributed by atoms with Gasteiger partial charge in [0, 0.05) is 11.1 Å². The number of ether oxygens (including phenoxy) is 1. The van der Waals surface area contributed by atoms with E-state index < -0.39 is 0 Å². The first-order valence-corrected chi connectivity index (χ1v) is 5.66.